The fraction of sp³-hybridized carbons (Fsp3) is 0.667. The molecule has 0 saturated heterocycles. The molecule has 15 heavy (non-hydrogen) atoms. The fourth-order valence-electron chi connectivity index (χ4n) is 2.57. The second-order valence-corrected chi connectivity index (χ2v) is 6.29. The molecule has 1 nitrogen and oxygen atoms in total. The van der Waals surface area contributed by atoms with Gasteiger partial charge in [-0.2, -0.15) is 0 Å². The second-order valence-electron chi connectivity index (χ2n) is 4.44. The van der Waals surface area contributed by atoms with E-state index in [4.69, 9.17) is 5.73 Å². The van der Waals surface area contributed by atoms with Crippen LogP contribution in [0.25, 0.3) is 0 Å². The lowest BCUT2D eigenvalue weighted by Crippen LogP contribution is -2.28. The first kappa shape index (κ1) is 11.6. The first-order valence-corrected chi connectivity index (χ1v) is 7.40. The van der Waals surface area contributed by atoms with E-state index in [1.807, 2.05) is 11.3 Å². The maximum atomic E-state index is 5.85. The number of hydrogen-bond acceptors (Lipinski definition) is 2. The van der Waals surface area contributed by atoms with E-state index in [0.29, 0.717) is 0 Å². The SMILES string of the molecule is NCC1CCCCC1Cc1sccc1Br. The maximum Gasteiger partial charge on any atom is 0.0314 e. The Labute approximate surface area is 104 Å². The van der Waals surface area contributed by atoms with Crippen molar-refractivity contribution in [3.8, 4) is 0 Å². The molecular formula is C12H18BrNS. The minimum Gasteiger partial charge on any atom is -0.330 e. The van der Waals surface area contributed by atoms with Crippen LogP contribution in [0.1, 0.15) is 30.6 Å². The third-order valence-corrected chi connectivity index (χ3v) is 5.46. The minimum absolute atomic E-state index is 0.757. The molecule has 0 aromatic carbocycles. The maximum absolute atomic E-state index is 5.85. The van der Waals surface area contributed by atoms with Crippen LogP contribution in [0.2, 0.25) is 0 Å². The number of thiophene rings is 1. The Bertz CT molecular complexity index is 310. The van der Waals surface area contributed by atoms with Gasteiger partial charge < -0.3 is 5.73 Å². The van der Waals surface area contributed by atoms with Crippen LogP contribution < -0.4 is 5.73 Å². The molecule has 1 aliphatic rings. The molecule has 2 N–H and O–H groups in total. The van der Waals surface area contributed by atoms with Crippen molar-refractivity contribution in [2.45, 2.75) is 32.1 Å². The molecular weight excluding hydrogens is 270 g/mol. The van der Waals surface area contributed by atoms with Crippen LogP contribution in [0.4, 0.5) is 0 Å². The zero-order valence-electron chi connectivity index (χ0n) is 8.92. The molecule has 1 fully saturated rings. The second kappa shape index (κ2) is 5.46. The lowest BCUT2D eigenvalue weighted by Gasteiger charge is -2.30. The van der Waals surface area contributed by atoms with E-state index in [9.17, 15) is 0 Å². The highest BCUT2D eigenvalue weighted by molar-refractivity contribution is 9.10. The van der Waals surface area contributed by atoms with Crippen molar-refractivity contribution >= 4 is 27.3 Å². The molecule has 1 aliphatic carbocycles. The summed E-state index contributed by atoms with van der Waals surface area (Å²) in [5.74, 6) is 1.58. The van der Waals surface area contributed by atoms with Crippen LogP contribution in [-0.4, -0.2) is 6.54 Å². The molecule has 0 amide bonds. The molecule has 84 valence electrons. The van der Waals surface area contributed by atoms with E-state index in [-0.39, 0.29) is 0 Å². The Hall–Kier alpha value is 0.140. The topological polar surface area (TPSA) is 26.0 Å². The molecule has 2 unspecified atom stereocenters. The quantitative estimate of drug-likeness (QED) is 0.899. The molecule has 0 aliphatic heterocycles. The highest BCUT2D eigenvalue weighted by Crippen LogP contribution is 2.35. The average molecular weight is 288 g/mol. The summed E-state index contributed by atoms with van der Waals surface area (Å²) in [4.78, 5) is 1.50. The van der Waals surface area contributed by atoms with Gasteiger partial charge in [-0.25, -0.2) is 0 Å². The Balaban J connectivity index is 2.00. The van der Waals surface area contributed by atoms with Crippen LogP contribution in [0.15, 0.2) is 15.9 Å². The summed E-state index contributed by atoms with van der Waals surface area (Å²) in [6.45, 7) is 0.869. The number of nitrogens with two attached hydrogens (primary N) is 1. The predicted molar refractivity (Wildman–Crippen MR) is 70.2 cm³/mol. The number of rotatable bonds is 3. The van der Waals surface area contributed by atoms with E-state index < -0.39 is 0 Å². The summed E-state index contributed by atoms with van der Waals surface area (Å²) < 4.78 is 1.29. The summed E-state index contributed by atoms with van der Waals surface area (Å²) in [5.41, 5.74) is 5.85. The molecule has 1 aromatic heterocycles. The van der Waals surface area contributed by atoms with Gasteiger partial charge in [0.1, 0.15) is 0 Å². The first-order valence-electron chi connectivity index (χ1n) is 5.73. The van der Waals surface area contributed by atoms with Gasteiger partial charge in [0.2, 0.25) is 0 Å². The van der Waals surface area contributed by atoms with Crippen LogP contribution >= 0.6 is 27.3 Å². The van der Waals surface area contributed by atoms with Crippen LogP contribution in [0, 0.1) is 11.8 Å². The molecule has 1 saturated carbocycles. The third-order valence-electron chi connectivity index (χ3n) is 3.51. The van der Waals surface area contributed by atoms with Gasteiger partial charge in [-0.15, -0.1) is 11.3 Å². The zero-order valence-corrected chi connectivity index (χ0v) is 11.3. The van der Waals surface area contributed by atoms with Crippen molar-refractivity contribution in [3.63, 3.8) is 0 Å². The summed E-state index contributed by atoms with van der Waals surface area (Å²) in [6, 6.07) is 2.15. The van der Waals surface area contributed by atoms with E-state index in [2.05, 4.69) is 27.4 Å². The Morgan fingerprint density at radius 1 is 1.33 bits per heavy atom. The van der Waals surface area contributed by atoms with Gasteiger partial charge in [0.25, 0.3) is 0 Å². The third kappa shape index (κ3) is 2.83. The molecule has 0 spiro atoms. The van der Waals surface area contributed by atoms with Gasteiger partial charge in [0, 0.05) is 9.35 Å². The van der Waals surface area contributed by atoms with E-state index >= 15 is 0 Å². The first-order chi connectivity index (χ1) is 7.31. The number of halogens is 1. The molecule has 0 bridgehead atoms. The lowest BCUT2D eigenvalue weighted by atomic mass is 9.77. The van der Waals surface area contributed by atoms with Gasteiger partial charge in [0.05, 0.1) is 0 Å². The summed E-state index contributed by atoms with van der Waals surface area (Å²) in [7, 11) is 0. The zero-order chi connectivity index (χ0) is 10.7. The molecule has 3 heteroatoms. The molecule has 0 radical (unpaired) electrons. The van der Waals surface area contributed by atoms with Gasteiger partial charge in [0.15, 0.2) is 0 Å². The summed E-state index contributed by atoms with van der Waals surface area (Å²) in [5, 5.41) is 2.17. The van der Waals surface area contributed by atoms with Gasteiger partial charge >= 0.3 is 0 Å². The van der Waals surface area contributed by atoms with Gasteiger partial charge in [-0.05, 0) is 65.0 Å². The predicted octanol–water partition coefficient (Wildman–Crippen LogP) is 3.82. The van der Waals surface area contributed by atoms with Crippen LogP contribution in [0.3, 0.4) is 0 Å². The summed E-state index contributed by atoms with van der Waals surface area (Å²) >= 11 is 5.48. The number of hydrogen-bond donors (Lipinski definition) is 1. The highest BCUT2D eigenvalue weighted by atomic mass is 79.9. The van der Waals surface area contributed by atoms with Crippen molar-refractivity contribution in [2.24, 2.45) is 17.6 Å². The monoisotopic (exact) mass is 287 g/mol. The highest BCUT2D eigenvalue weighted by Gasteiger charge is 2.24. The van der Waals surface area contributed by atoms with E-state index in [0.717, 1.165) is 18.4 Å². The normalized spacial score (nSPS) is 26.8. The van der Waals surface area contributed by atoms with Crippen molar-refractivity contribution in [2.75, 3.05) is 6.54 Å². The van der Waals surface area contributed by atoms with Crippen LogP contribution in [-0.2, 0) is 6.42 Å². The lowest BCUT2D eigenvalue weighted by molar-refractivity contribution is 0.243. The largest absolute Gasteiger partial charge is 0.330 e. The summed E-state index contributed by atoms with van der Waals surface area (Å²) in [6.07, 6.45) is 6.70. The van der Waals surface area contributed by atoms with E-state index in [1.165, 1.54) is 41.5 Å². The van der Waals surface area contributed by atoms with Gasteiger partial charge in [-0.3, -0.25) is 0 Å². The standard InChI is InChI=1S/C12H18BrNS/c13-11-5-6-15-12(11)7-9-3-1-2-4-10(9)8-14/h5-6,9-10H,1-4,7-8,14H2. The Morgan fingerprint density at radius 3 is 2.67 bits per heavy atom. The minimum atomic E-state index is 0.757. The van der Waals surface area contributed by atoms with Gasteiger partial charge in [-0.1, -0.05) is 12.8 Å². The van der Waals surface area contributed by atoms with Crippen molar-refractivity contribution in [1.29, 1.82) is 0 Å². The molecule has 1 heterocycles. The average Bonchev–Trinajstić information content (AvgIpc) is 2.65. The fourth-order valence-corrected chi connectivity index (χ4v) is 4.18. The molecule has 2 rings (SSSR count). The van der Waals surface area contributed by atoms with Crippen molar-refractivity contribution in [3.05, 3.63) is 20.8 Å². The Morgan fingerprint density at radius 2 is 2.07 bits per heavy atom. The van der Waals surface area contributed by atoms with Crippen LogP contribution in [0.5, 0.6) is 0 Å². The molecule has 2 atom stereocenters. The smallest absolute Gasteiger partial charge is 0.0314 e. The van der Waals surface area contributed by atoms with Crippen molar-refractivity contribution < 1.29 is 0 Å². The molecule has 1 aromatic rings. The Kier molecular flexibility index (Phi) is 4.23. The van der Waals surface area contributed by atoms with E-state index in [1.54, 1.807) is 0 Å². The van der Waals surface area contributed by atoms with Crippen molar-refractivity contribution in [1.82, 2.24) is 0 Å².